The number of carbonyl (C=O) groups is 1. The minimum absolute atomic E-state index is 0.0496. The molecule has 0 bridgehead atoms. The average molecular weight is 194 g/mol. The number of aryl methyl sites for hydroxylation is 1. The zero-order chi connectivity index (χ0) is 10.7. The first-order valence-corrected chi connectivity index (χ1v) is 4.49. The number of aliphatic hydroxyl groups excluding tert-OH is 1. The van der Waals surface area contributed by atoms with Crippen molar-refractivity contribution in [3.63, 3.8) is 0 Å². The van der Waals surface area contributed by atoms with Crippen molar-refractivity contribution < 1.29 is 15.0 Å². The molecular formula is C11H14O3. The maximum absolute atomic E-state index is 10.7. The summed E-state index contributed by atoms with van der Waals surface area (Å²) in [5.74, 6) is -1.38. The molecule has 2 N–H and O–H groups in total. The second kappa shape index (κ2) is 4.24. The summed E-state index contributed by atoms with van der Waals surface area (Å²) in [5.41, 5.74) is 2.50. The molecule has 0 aliphatic heterocycles. The summed E-state index contributed by atoms with van der Waals surface area (Å²) in [5, 5.41) is 17.8. The van der Waals surface area contributed by atoms with E-state index < -0.39 is 11.9 Å². The Hall–Kier alpha value is -1.35. The van der Waals surface area contributed by atoms with Gasteiger partial charge < -0.3 is 10.2 Å². The summed E-state index contributed by atoms with van der Waals surface area (Å²) in [4.78, 5) is 10.7. The van der Waals surface area contributed by atoms with Gasteiger partial charge in [0.15, 0.2) is 0 Å². The molecule has 0 aliphatic carbocycles. The molecule has 1 aromatic carbocycles. The van der Waals surface area contributed by atoms with Gasteiger partial charge >= 0.3 is 5.97 Å². The van der Waals surface area contributed by atoms with Crippen LogP contribution in [0.1, 0.15) is 29.5 Å². The average Bonchev–Trinajstić information content (AvgIpc) is 2.17. The highest BCUT2D eigenvalue weighted by molar-refractivity contribution is 5.75. The van der Waals surface area contributed by atoms with Crippen LogP contribution in [0.25, 0.3) is 0 Å². The fourth-order valence-corrected chi connectivity index (χ4v) is 1.27. The molecular weight excluding hydrogens is 180 g/mol. The Morgan fingerprint density at radius 2 is 2.14 bits per heavy atom. The zero-order valence-corrected chi connectivity index (χ0v) is 8.32. The van der Waals surface area contributed by atoms with Crippen molar-refractivity contribution in [1.82, 2.24) is 0 Å². The first-order valence-electron chi connectivity index (χ1n) is 4.49. The summed E-state index contributed by atoms with van der Waals surface area (Å²) >= 11 is 0. The number of aliphatic carboxylic acids is 1. The highest BCUT2D eigenvalue weighted by Crippen LogP contribution is 2.19. The van der Waals surface area contributed by atoms with E-state index in [1.165, 1.54) is 0 Å². The van der Waals surface area contributed by atoms with Crippen LogP contribution < -0.4 is 0 Å². The standard InChI is InChI=1S/C11H14O3/c1-7-3-4-9(5-10(7)6-12)8(2)11(13)14/h3-5,8,12H,6H2,1-2H3,(H,13,14). The molecule has 0 fully saturated rings. The van der Waals surface area contributed by atoms with Gasteiger partial charge in [0.25, 0.3) is 0 Å². The molecule has 3 heteroatoms. The monoisotopic (exact) mass is 194 g/mol. The van der Waals surface area contributed by atoms with Gasteiger partial charge in [-0.2, -0.15) is 0 Å². The van der Waals surface area contributed by atoms with Gasteiger partial charge in [0.2, 0.25) is 0 Å². The zero-order valence-electron chi connectivity index (χ0n) is 8.32. The van der Waals surface area contributed by atoms with E-state index in [1.54, 1.807) is 19.1 Å². The number of carboxylic acid groups (broad SMARTS) is 1. The minimum atomic E-state index is -0.849. The van der Waals surface area contributed by atoms with E-state index in [9.17, 15) is 4.79 Å². The molecule has 0 aliphatic rings. The molecule has 0 radical (unpaired) electrons. The SMILES string of the molecule is Cc1ccc(C(C)C(=O)O)cc1CO. The van der Waals surface area contributed by atoms with E-state index in [0.29, 0.717) is 0 Å². The summed E-state index contributed by atoms with van der Waals surface area (Å²) in [7, 11) is 0. The molecule has 0 saturated carbocycles. The molecule has 0 amide bonds. The van der Waals surface area contributed by atoms with Gasteiger partial charge in [-0.3, -0.25) is 4.79 Å². The predicted molar refractivity (Wildman–Crippen MR) is 53.2 cm³/mol. The second-order valence-electron chi connectivity index (χ2n) is 3.40. The predicted octanol–water partition coefficient (Wildman–Crippen LogP) is 1.68. The van der Waals surface area contributed by atoms with E-state index in [1.807, 2.05) is 13.0 Å². The molecule has 1 rings (SSSR count). The summed E-state index contributed by atoms with van der Waals surface area (Å²) in [6.07, 6.45) is 0. The number of hydrogen-bond donors (Lipinski definition) is 2. The van der Waals surface area contributed by atoms with Crippen LogP contribution in [0.3, 0.4) is 0 Å². The van der Waals surface area contributed by atoms with Gasteiger partial charge in [-0.05, 0) is 30.5 Å². The molecule has 1 aromatic rings. The largest absolute Gasteiger partial charge is 0.481 e. The normalized spacial score (nSPS) is 12.5. The Morgan fingerprint density at radius 1 is 1.50 bits per heavy atom. The van der Waals surface area contributed by atoms with Crippen molar-refractivity contribution in [3.05, 3.63) is 34.9 Å². The van der Waals surface area contributed by atoms with Gasteiger partial charge in [-0.25, -0.2) is 0 Å². The lowest BCUT2D eigenvalue weighted by Gasteiger charge is -2.09. The number of carboxylic acids is 1. The first-order chi connectivity index (χ1) is 6.56. The van der Waals surface area contributed by atoms with Crippen LogP contribution in [0, 0.1) is 6.92 Å². The van der Waals surface area contributed by atoms with Crippen molar-refractivity contribution >= 4 is 5.97 Å². The topological polar surface area (TPSA) is 57.5 Å². The Bertz CT molecular complexity index is 344. The van der Waals surface area contributed by atoms with Crippen LogP contribution in [-0.4, -0.2) is 16.2 Å². The molecule has 0 aromatic heterocycles. The molecule has 14 heavy (non-hydrogen) atoms. The van der Waals surface area contributed by atoms with Crippen molar-refractivity contribution in [3.8, 4) is 0 Å². The van der Waals surface area contributed by atoms with Crippen LogP contribution in [-0.2, 0) is 11.4 Å². The lowest BCUT2D eigenvalue weighted by molar-refractivity contribution is -0.138. The van der Waals surface area contributed by atoms with Crippen LogP contribution in [0.5, 0.6) is 0 Å². The van der Waals surface area contributed by atoms with E-state index >= 15 is 0 Å². The lowest BCUT2D eigenvalue weighted by Crippen LogP contribution is -2.08. The second-order valence-corrected chi connectivity index (χ2v) is 3.40. The highest BCUT2D eigenvalue weighted by atomic mass is 16.4. The first kappa shape index (κ1) is 10.7. The molecule has 0 heterocycles. The summed E-state index contributed by atoms with van der Waals surface area (Å²) < 4.78 is 0. The highest BCUT2D eigenvalue weighted by Gasteiger charge is 2.14. The van der Waals surface area contributed by atoms with E-state index in [4.69, 9.17) is 10.2 Å². The maximum Gasteiger partial charge on any atom is 0.310 e. The van der Waals surface area contributed by atoms with E-state index in [0.717, 1.165) is 16.7 Å². The van der Waals surface area contributed by atoms with Gasteiger partial charge in [-0.15, -0.1) is 0 Å². The van der Waals surface area contributed by atoms with Gasteiger partial charge in [-0.1, -0.05) is 18.2 Å². The van der Waals surface area contributed by atoms with Crippen molar-refractivity contribution in [2.75, 3.05) is 0 Å². The number of benzene rings is 1. The third-order valence-electron chi connectivity index (χ3n) is 2.41. The van der Waals surface area contributed by atoms with Crippen molar-refractivity contribution in [1.29, 1.82) is 0 Å². The van der Waals surface area contributed by atoms with Crippen LogP contribution in [0.15, 0.2) is 18.2 Å². The minimum Gasteiger partial charge on any atom is -0.481 e. The fourth-order valence-electron chi connectivity index (χ4n) is 1.27. The third-order valence-corrected chi connectivity index (χ3v) is 2.41. The van der Waals surface area contributed by atoms with Crippen molar-refractivity contribution in [2.45, 2.75) is 26.4 Å². The molecule has 3 nitrogen and oxygen atoms in total. The smallest absolute Gasteiger partial charge is 0.310 e. The van der Waals surface area contributed by atoms with E-state index in [2.05, 4.69) is 0 Å². The van der Waals surface area contributed by atoms with Gasteiger partial charge in [0, 0.05) is 0 Å². The molecule has 76 valence electrons. The quantitative estimate of drug-likeness (QED) is 0.769. The Morgan fingerprint density at radius 3 is 2.64 bits per heavy atom. The molecule has 0 spiro atoms. The maximum atomic E-state index is 10.7. The van der Waals surface area contributed by atoms with Crippen LogP contribution in [0.2, 0.25) is 0 Å². The number of rotatable bonds is 3. The van der Waals surface area contributed by atoms with Crippen LogP contribution >= 0.6 is 0 Å². The van der Waals surface area contributed by atoms with Gasteiger partial charge in [0.1, 0.15) is 0 Å². The fraction of sp³-hybridized carbons (Fsp3) is 0.364. The van der Waals surface area contributed by atoms with E-state index in [-0.39, 0.29) is 6.61 Å². The summed E-state index contributed by atoms with van der Waals surface area (Å²) in [6.45, 7) is 3.47. The van der Waals surface area contributed by atoms with Gasteiger partial charge in [0.05, 0.1) is 12.5 Å². The molecule has 1 unspecified atom stereocenters. The molecule has 1 atom stereocenters. The Labute approximate surface area is 83.0 Å². The lowest BCUT2D eigenvalue weighted by atomic mass is 9.97. The summed E-state index contributed by atoms with van der Waals surface area (Å²) in [6, 6.07) is 5.36. The van der Waals surface area contributed by atoms with Crippen LogP contribution in [0.4, 0.5) is 0 Å². The Balaban J connectivity index is 3.06. The Kier molecular flexibility index (Phi) is 3.25. The number of aliphatic hydroxyl groups is 1. The number of hydrogen-bond acceptors (Lipinski definition) is 2. The molecule has 0 saturated heterocycles. The third kappa shape index (κ3) is 2.12. The van der Waals surface area contributed by atoms with Crippen molar-refractivity contribution in [2.24, 2.45) is 0 Å².